The molecule has 0 atom stereocenters. The van der Waals surface area contributed by atoms with E-state index in [1.165, 1.54) is 13.0 Å². The molecule has 0 radical (unpaired) electrons. The lowest BCUT2D eigenvalue weighted by Crippen LogP contribution is -2.05. The summed E-state index contributed by atoms with van der Waals surface area (Å²) in [4.78, 5) is 11.3. The van der Waals surface area contributed by atoms with E-state index < -0.39 is 11.7 Å². The second-order valence-corrected chi connectivity index (χ2v) is 5.26. The molecule has 0 unspecified atom stereocenters. The predicted octanol–water partition coefficient (Wildman–Crippen LogP) is 4.37. The van der Waals surface area contributed by atoms with Crippen LogP contribution in [-0.2, 0) is 17.4 Å². The SMILES string of the molecule is CC(=O)Cc1cn(C(C)C)c2ccc(C(F)(F)F)cc12. The summed E-state index contributed by atoms with van der Waals surface area (Å²) in [6.45, 7) is 5.34. The fourth-order valence-electron chi connectivity index (χ4n) is 2.34. The molecule has 0 bridgehead atoms. The van der Waals surface area contributed by atoms with E-state index >= 15 is 0 Å². The maximum Gasteiger partial charge on any atom is 0.416 e. The molecule has 0 spiro atoms. The number of nitrogens with zero attached hydrogens (tertiary/aromatic N) is 1. The van der Waals surface area contributed by atoms with Crippen LogP contribution in [0.5, 0.6) is 0 Å². The van der Waals surface area contributed by atoms with Gasteiger partial charge in [0.15, 0.2) is 0 Å². The molecule has 1 aromatic carbocycles. The molecule has 0 aliphatic rings. The first-order chi connectivity index (χ1) is 9.20. The van der Waals surface area contributed by atoms with Crippen LogP contribution in [0.3, 0.4) is 0 Å². The van der Waals surface area contributed by atoms with Gasteiger partial charge >= 0.3 is 6.18 Å². The molecule has 20 heavy (non-hydrogen) atoms. The Hall–Kier alpha value is -1.78. The van der Waals surface area contributed by atoms with Crippen molar-refractivity contribution in [3.05, 3.63) is 35.5 Å². The third kappa shape index (κ3) is 2.71. The Morgan fingerprint density at radius 3 is 2.45 bits per heavy atom. The highest BCUT2D eigenvalue weighted by Gasteiger charge is 2.31. The fourth-order valence-corrected chi connectivity index (χ4v) is 2.34. The van der Waals surface area contributed by atoms with E-state index in [1.807, 2.05) is 18.4 Å². The van der Waals surface area contributed by atoms with Gasteiger partial charge in [-0.05, 0) is 44.5 Å². The number of fused-ring (bicyclic) bond motifs is 1. The number of hydrogen-bond acceptors (Lipinski definition) is 1. The summed E-state index contributed by atoms with van der Waals surface area (Å²) in [6.07, 6.45) is -2.45. The van der Waals surface area contributed by atoms with E-state index in [4.69, 9.17) is 0 Å². The zero-order chi connectivity index (χ0) is 15.1. The van der Waals surface area contributed by atoms with Gasteiger partial charge in [0.25, 0.3) is 0 Å². The van der Waals surface area contributed by atoms with Gasteiger partial charge in [0.1, 0.15) is 5.78 Å². The third-order valence-electron chi connectivity index (χ3n) is 3.24. The summed E-state index contributed by atoms with van der Waals surface area (Å²) < 4.78 is 40.3. The molecule has 0 fully saturated rings. The van der Waals surface area contributed by atoms with Crippen LogP contribution in [0.25, 0.3) is 10.9 Å². The number of hydrogen-bond donors (Lipinski definition) is 0. The average molecular weight is 283 g/mol. The van der Waals surface area contributed by atoms with Crippen molar-refractivity contribution in [1.29, 1.82) is 0 Å². The third-order valence-corrected chi connectivity index (χ3v) is 3.24. The normalized spacial score (nSPS) is 12.3. The lowest BCUT2D eigenvalue weighted by Gasteiger charge is -2.10. The minimum absolute atomic E-state index is 0.0646. The van der Waals surface area contributed by atoms with E-state index in [2.05, 4.69) is 0 Å². The Morgan fingerprint density at radius 2 is 1.95 bits per heavy atom. The summed E-state index contributed by atoms with van der Waals surface area (Å²) in [5.74, 6) is -0.0646. The molecule has 0 amide bonds. The molecule has 0 saturated carbocycles. The number of rotatable bonds is 3. The lowest BCUT2D eigenvalue weighted by molar-refractivity contribution is -0.137. The van der Waals surface area contributed by atoms with Gasteiger partial charge in [0, 0.05) is 29.6 Å². The molecular weight excluding hydrogens is 267 g/mol. The molecule has 2 aromatic rings. The van der Waals surface area contributed by atoms with Crippen LogP contribution in [0.4, 0.5) is 13.2 Å². The first-order valence-corrected chi connectivity index (χ1v) is 6.40. The minimum Gasteiger partial charge on any atom is -0.345 e. The topological polar surface area (TPSA) is 22.0 Å². The van der Waals surface area contributed by atoms with Crippen molar-refractivity contribution < 1.29 is 18.0 Å². The number of carbonyl (C=O) groups excluding carboxylic acids is 1. The average Bonchev–Trinajstić information content (AvgIpc) is 2.66. The fraction of sp³-hybridized carbons (Fsp3) is 0.400. The largest absolute Gasteiger partial charge is 0.416 e. The summed E-state index contributed by atoms with van der Waals surface area (Å²) in [5, 5.41) is 0.503. The molecule has 0 aliphatic heterocycles. The molecule has 0 saturated heterocycles. The van der Waals surface area contributed by atoms with E-state index in [1.54, 1.807) is 6.20 Å². The smallest absolute Gasteiger partial charge is 0.345 e. The molecule has 5 heteroatoms. The van der Waals surface area contributed by atoms with Gasteiger partial charge in [-0.15, -0.1) is 0 Å². The Morgan fingerprint density at radius 1 is 1.30 bits per heavy atom. The van der Waals surface area contributed by atoms with Gasteiger partial charge in [0.2, 0.25) is 0 Å². The zero-order valence-corrected chi connectivity index (χ0v) is 11.6. The van der Waals surface area contributed by atoms with Gasteiger partial charge in [-0.2, -0.15) is 13.2 Å². The highest BCUT2D eigenvalue weighted by atomic mass is 19.4. The molecule has 0 N–H and O–H groups in total. The van der Waals surface area contributed by atoms with E-state index in [0.717, 1.165) is 17.6 Å². The molecule has 108 valence electrons. The number of benzene rings is 1. The van der Waals surface area contributed by atoms with E-state index in [-0.39, 0.29) is 18.2 Å². The zero-order valence-electron chi connectivity index (χ0n) is 11.6. The summed E-state index contributed by atoms with van der Waals surface area (Å²) in [6, 6.07) is 3.81. The second-order valence-electron chi connectivity index (χ2n) is 5.26. The highest BCUT2D eigenvalue weighted by molar-refractivity contribution is 5.90. The van der Waals surface area contributed by atoms with Gasteiger partial charge in [-0.3, -0.25) is 4.79 Å². The second kappa shape index (κ2) is 4.96. The highest BCUT2D eigenvalue weighted by Crippen LogP contribution is 2.34. The van der Waals surface area contributed by atoms with E-state index in [9.17, 15) is 18.0 Å². The molecule has 2 nitrogen and oxygen atoms in total. The van der Waals surface area contributed by atoms with Crippen LogP contribution >= 0.6 is 0 Å². The van der Waals surface area contributed by atoms with Crippen molar-refractivity contribution in [2.24, 2.45) is 0 Å². The Balaban J connectivity index is 2.68. The number of carbonyl (C=O) groups is 1. The molecular formula is C15H16F3NO. The Kier molecular flexibility index (Phi) is 3.63. The van der Waals surface area contributed by atoms with Crippen molar-refractivity contribution in [2.75, 3.05) is 0 Å². The van der Waals surface area contributed by atoms with Gasteiger partial charge in [-0.25, -0.2) is 0 Å². The molecule has 1 aromatic heterocycles. The number of alkyl halides is 3. The van der Waals surface area contributed by atoms with Crippen molar-refractivity contribution >= 4 is 16.7 Å². The Labute approximate surface area is 115 Å². The maximum absolute atomic E-state index is 12.8. The van der Waals surface area contributed by atoms with Crippen LogP contribution in [-0.4, -0.2) is 10.4 Å². The Bertz CT molecular complexity index is 653. The van der Waals surface area contributed by atoms with E-state index in [0.29, 0.717) is 10.9 Å². The van der Waals surface area contributed by atoms with Crippen LogP contribution in [0.1, 0.15) is 37.9 Å². The van der Waals surface area contributed by atoms with Gasteiger partial charge in [0.05, 0.1) is 5.56 Å². The first-order valence-electron chi connectivity index (χ1n) is 6.40. The van der Waals surface area contributed by atoms with Crippen molar-refractivity contribution in [3.63, 3.8) is 0 Å². The maximum atomic E-state index is 12.8. The van der Waals surface area contributed by atoms with Crippen LogP contribution in [0.15, 0.2) is 24.4 Å². The number of ketones is 1. The summed E-state index contributed by atoms with van der Waals surface area (Å²) in [7, 11) is 0. The summed E-state index contributed by atoms with van der Waals surface area (Å²) >= 11 is 0. The van der Waals surface area contributed by atoms with Crippen LogP contribution in [0, 0.1) is 0 Å². The van der Waals surface area contributed by atoms with Crippen molar-refractivity contribution in [1.82, 2.24) is 4.57 Å². The van der Waals surface area contributed by atoms with Crippen LogP contribution in [0.2, 0.25) is 0 Å². The number of halogens is 3. The quantitative estimate of drug-likeness (QED) is 0.819. The molecule has 2 rings (SSSR count). The predicted molar refractivity (Wildman–Crippen MR) is 71.7 cm³/mol. The molecule has 0 aliphatic carbocycles. The number of aromatic nitrogens is 1. The monoisotopic (exact) mass is 283 g/mol. The minimum atomic E-state index is -4.37. The van der Waals surface area contributed by atoms with Gasteiger partial charge < -0.3 is 4.57 Å². The van der Waals surface area contributed by atoms with Gasteiger partial charge in [-0.1, -0.05) is 0 Å². The van der Waals surface area contributed by atoms with Crippen molar-refractivity contribution in [2.45, 2.75) is 39.4 Å². The first kappa shape index (κ1) is 14.6. The van der Waals surface area contributed by atoms with Crippen molar-refractivity contribution in [3.8, 4) is 0 Å². The summed E-state index contributed by atoms with van der Waals surface area (Å²) in [5.41, 5.74) is 0.688. The van der Waals surface area contributed by atoms with Crippen LogP contribution < -0.4 is 0 Å². The standard InChI is InChI=1S/C15H16F3NO/c1-9(2)19-8-11(6-10(3)20)13-7-12(15(16,17)18)4-5-14(13)19/h4-5,7-9H,6H2,1-3H3. The lowest BCUT2D eigenvalue weighted by atomic mass is 10.1. The molecule has 1 heterocycles. The number of Topliss-reactive ketones (excluding diaryl/α,β-unsaturated/α-hetero) is 1.